The molecule has 1 aromatic carbocycles. The Hall–Kier alpha value is -2.28. The molecule has 0 radical (unpaired) electrons. The average molecular weight is 447 g/mol. The smallest absolute Gasteiger partial charge is 0.417 e. The second-order valence-corrected chi connectivity index (χ2v) is 9.93. The first-order chi connectivity index (χ1) is 15.2. The Morgan fingerprint density at radius 1 is 1.16 bits per heavy atom. The summed E-state index contributed by atoms with van der Waals surface area (Å²) in [5.41, 5.74) is 1.41. The summed E-state index contributed by atoms with van der Waals surface area (Å²) in [6.45, 7) is 2.25. The molecule has 2 fully saturated rings. The normalized spacial score (nSPS) is 36.9. The van der Waals surface area contributed by atoms with Gasteiger partial charge in [0.15, 0.2) is 5.60 Å². The highest BCUT2D eigenvalue weighted by Crippen LogP contribution is 2.69. The van der Waals surface area contributed by atoms with Gasteiger partial charge in [0.25, 0.3) is 0 Å². The van der Waals surface area contributed by atoms with Crippen molar-refractivity contribution in [3.05, 3.63) is 58.4 Å². The van der Waals surface area contributed by atoms with E-state index in [0.29, 0.717) is 18.6 Å². The van der Waals surface area contributed by atoms with Crippen LogP contribution in [0.5, 0.6) is 0 Å². The van der Waals surface area contributed by atoms with E-state index in [-0.39, 0.29) is 30.6 Å². The molecular formula is C25H28F3NO3. The number of benzene rings is 1. The van der Waals surface area contributed by atoms with Crippen molar-refractivity contribution >= 4 is 6.21 Å². The standard InChI is InChI=1S/C25H28F3NO3/c1-23-12-20(16-4-2-15(3-5-16)13-29-31)22-18-9-11-32-14-17(18)6-7-19(22)21(23)8-10-24(23,30)25(26,27)28/h2-5,13-14,19-21,30-31H,6-12H2,1H3/t19?,20-,21?,23+,24+/m1/s1. The predicted octanol–water partition coefficient (Wildman–Crippen LogP) is 5.70. The molecule has 7 heteroatoms. The first-order valence-electron chi connectivity index (χ1n) is 11.3. The van der Waals surface area contributed by atoms with Gasteiger partial charge in [0.05, 0.1) is 19.1 Å². The third-order valence-corrected chi connectivity index (χ3v) is 8.64. The summed E-state index contributed by atoms with van der Waals surface area (Å²) >= 11 is 0. The van der Waals surface area contributed by atoms with Crippen LogP contribution in [0.2, 0.25) is 0 Å². The Bertz CT molecular complexity index is 997. The minimum absolute atomic E-state index is 0.0269. The zero-order valence-electron chi connectivity index (χ0n) is 18.0. The number of aliphatic hydroxyl groups is 1. The van der Waals surface area contributed by atoms with E-state index in [1.165, 1.54) is 22.9 Å². The lowest BCUT2D eigenvalue weighted by Crippen LogP contribution is -2.58. The molecule has 32 heavy (non-hydrogen) atoms. The van der Waals surface area contributed by atoms with Gasteiger partial charge in [0.2, 0.25) is 0 Å². The number of hydrogen-bond donors (Lipinski definition) is 2. The molecule has 2 N–H and O–H groups in total. The van der Waals surface area contributed by atoms with Gasteiger partial charge >= 0.3 is 6.18 Å². The van der Waals surface area contributed by atoms with E-state index >= 15 is 0 Å². The Balaban J connectivity index is 1.66. The molecule has 2 saturated carbocycles. The van der Waals surface area contributed by atoms with E-state index in [4.69, 9.17) is 9.94 Å². The van der Waals surface area contributed by atoms with Crippen molar-refractivity contribution in [2.45, 2.75) is 63.1 Å². The molecule has 3 aliphatic carbocycles. The van der Waals surface area contributed by atoms with Crippen LogP contribution in [-0.4, -0.2) is 34.9 Å². The maximum atomic E-state index is 14.2. The number of ether oxygens (including phenoxy) is 1. The lowest BCUT2D eigenvalue weighted by molar-refractivity contribution is -0.299. The molecule has 2 unspecified atom stereocenters. The van der Waals surface area contributed by atoms with Crippen molar-refractivity contribution in [3.8, 4) is 0 Å². The largest absolute Gasteiger partial charge is 0.501 e. The summed E-state index contributed by atoms with van der Waals surface area (Å²) in [6.07, 6.45) is 1.27. The number of fused-ring (bicyclic) bond motifs is 4. The fourth-order valence-electron chi connectivity index (χ4n) is 7.09. The molecule has 0 bridgehead atoms. The molecule has 1 aromatic rings. The zero-order chi connectivity index (χ0) is 22.7. The summed E-state index contributed by atoms with van der Waals surface area (Å²) in [5.74, 6) is -0.373. The number of halogens is 3. The van der Waals surface area contributed by atoms with Crippen LogP contribution in [-0.2, 0) is 4.74 Å². The number of oxime groups is 1. The summed E-state index contributed by atoms with van der Waals surface area (Å²) in [5, 5.41) is 22.9. The van der Waals surface area contributed by atoms with E-state index in [0.717, 1.165) is 24.8 Å². The van der Waals surface area contributed by atoms with Crippen LogP contribution in [0.3, 0.4) is 0 Å². The second kappa shape index (κ2) is 7.37. The number of hydrogen-bond acceptors (Lipinski definition) is 4. The monoisotopic (exact) mass is 447 g/mol. The highest BCUT2D eigenvalue weighted by Gasteiger charge is 2.72. The third-order valence-electron chi connectivity index (χ3n) is 8.64. The quantitative estimate of drug-likeness (QED) is 0.347. The van der Waals surface area contributed by atoms with E-state index in [1.54, 1.807) is 6.92 Å². The summed E-state index contributed by atoms with van der Waals surface area (Å²) in [7, 11) is 0. The Morgan fingerprint density at radius 3 is 2.59 bits per heavy atom. The molecule has 0 aromatic heterocycles. The van der Waals surface area contributed by atoms with Crippen molar-refractivity contribution in [2.24, 2.45) is 22.4 Å². The topological polar surface area (TPSA) is 62.1 Å². The zero-order valence-corrected chi connectivity index (χ0v) is 18.0. The summed E-state index contributed by atoms with van der Waals surface area (Å²) in [6, 6.07) is 7.46. The lowest BCUT2D eigenvalue weighted by atomic mass is 9.51. The molecule has 5 rings (SSSR count). The number of alkyl halides is 3. The number of nitrogens with zero attached hydrogens (tertiary/aromatic N) is 1. The van der Waals surface area contributed by atoms with Gasteiger partial charge in [-0.05, 0) is 66.2 Å². The molecule has 4 aliphatic rings. The predicted molar refractivity (Wildman–Crippen MR) is 113 cm³/mol. The second-order valence-electron chi connectivity index (χ2n) is 9.93. The van der Waals surface area contributed by atoms with Gasteiger partial charge in [-0.2, -0.15) is 13.2 Å². The van der Waals surface area contributed by atoms with E-state index < -0.39 is 17.2 Å². The molecule has 0 amide bonds. The SMILES string of the molecule is C[C@]12C[C@H](c3ccc(C=NO)cc3)C3=C4CCOC=C4CCC3C1CC[C@@]2(O)C(F)(F)F. The molecule has 172 valence electrons. The Morgan fingerprint density at radius 2 is 1.91 bits per heavy atom. The fraction of sp³-hybridized carbons (Fsp3) is 0.560. The highest BCUT2D eigenvalue weighted by atomic mass is 19.4. The lowest BCUT2D eigenvalue weighted by Gasteiger charge is -2.54. The van der Waals surface area contributed by atoms with Gasteiger partial charge in [-0.15, -0.1) is 0 Å². The van der Waals surface area contributed by atoms with Crippen LogP contribution < -0.4 is 0 Å². The fourth-order valence-corrected chi connectivity index (χ4v) is 7.09. The molecule has 0 saturated heterocycles. The van der Waals surface area contributed by atoms with E-state index in [9.17, 15) is 18.3 Å². The van der Waals surface area contributed by atoms with Gasteiger partial charge < -0.3 is 15.1 Å². The van der Waals surface area contributed by atoms with Crippen molar-refractivity contribution < 1.29 is 28.2 Å². The number of rotatable bonds is 2. The minimum Gasteiger partial charge on any atom is -0.501 e. The van der Waals surface area contributed by atoms with Crippen molar-refractivity contribution in [2.75, 3.05) is 6.61 Å². The van der Waals surface area contributed by atoms with Gasteiger partial charge in [-0.1, -0.05) is 41.9 Å². The Kier molecular flexibility index (Phi) is 4.97. The average Bonchev–Trinajstić information content (AvgIpc) is 3.05. The van der Waals surface area contributed by atoms with E-state index in [1.807, 2.05) is 30.5 Å². The molecule has 5 atom stereocenters. The van der Waals surface area contributed by atoms with Crippen LogP contribution in [0.1, 0.15) is 62.5 Å². The molecule has 0 spiro atoms. The highest BCUT2D eigenvalue weighted by molar-refractivity contribution is 5.79. The van der Waals surface area contributed by atoms with E-state index in [2.05, 4.69) is 5.16 Å². The van der Waals surface area contributed by atoms with Crippen molar-refractivity contribution in [1.29, 1.82) is 0 Å². The Labute approximate surface area is 185 Å². The van der Waals surface area contributed by atoms with Crippen molar-refractivity contribution in [1.82, 2.24) is 0 Å². The van der Waals surface area contributed by atoms with Gasteiger partial charge in [0.1, 0.15) is 0 Å². The van der Waals surface area contributed by atoms with Crippen LogP contribution in [0.15, 0.2) is 52.4 Å². The molecular weight excluding hydrogens is 419 g/mol. The first-order valence-corrected chi connectivity index (χ1v) is 11.3. The van der Waals surface area contributed by atoms with Crippen LogP contribution in [0.25, 0.3) is 0 Å². The van der Waals surface area contributed by atoms with Gasteiger partial charge in [0, 0.05) is 17.8 Å². The number of allylic oxidation sites excluding steroid dienone is 2. The van der Waals surface area contributed by atoms with Gasteiger partial charge in [-0.25, -0.2) is 0 Å². The minimum atomic E-state index is -4.66. The summed E-state index contributed by atoms with van der Waals surface area (Å²) < 4.78 is 48.1. The van der Waals surface area contributed by atoms with Crippen LogP contribution in [0.4, 0.5) is 13.2 Å². The molecule has 4 nitrogen and oxygen atoms in total. The third kappa shape index (κ3) is 2.96. The van der Waals surface area contributed by atoms with Crippen molar-refractivity contribution in [3.63, 3.8) is 0 Å². The molecule has 1 aliphatic heterocycles. The first kappa shape index (κ1) is 21.6. The maximum Gasteiger partial charge on any atom is 0.417 e. The van der Waals surface area contributed by atoms with Crippen LogP contribution >= 0.6 is 0 Å². The van der Waals surface area contributed by atoms with Crippen LogP contribution in [0, 0.1) is 17.3 Å². The van der Waals surface area contributed by atoms with Gasteiger partial charge in [-0.3, -0.25) is 0 Å². The maximum absolute atomic E-state index is 14.2. The molecule has 1 heterocycles. The summed E-state index contributed by atoms with van der Waals surface area (Å²) in [4.78, 5) is 0.